The van der Waals surface area contributed by atoms with E-state index in [9.17, 15) is 4.79 Å². The first-order valence-corrected chi connectivity index (χ1v) is 9.07. The summed E-state index contributed by atoms with van der Waals surface area (Å²) in [5.74, 6) is 0.927. The highest BCUT2D eigenvalue weighted by atomic mass is 16.5. The topological polar surface area (TPSA) is 68.2 Å². The van der Waals surface area contributed by atoms with Gasteiger partial charge in [-0.1, -0.05) is 12.1 Å². The van der Waals surface area contributed by atoms with Crippen molar-refractivity contribution in [2.75, 3.05) is 20.2 Å². The maximum atomic E-state index is 13.0. The van der Waals surface area contributed by atoms with Gasteiger partial charge in [0.25, 0.3) is 0 Å². The van der Waals surface area contributed by atoms with E-state index in [0.29, 0.717) is 26.1 Å². The molecule has 1 atom stereocenters. The average molecular weight is 356 g/mol. The van der Waals surface area contributed by atoms with Crippen LogP contribution in [0.15, 0.2) is 30.3 Å². The van der Waals surface area contributed by atoms with Gasteiger partial charge in [-0.2, -0.15) is 5.10 Å². The summed E-state index contributed by atoms with van der Waals surface area (Å²) >= 11 is 0. The number of amides is 1. The zero-order chi connectivity index (χ0) is 18.7. The molecule has 1 fully saturated rings. The molecular weight excluding hydrogens is 328 g/mol. The molecule has 1 saturated heterocycles. The van der Waals surface area contributed by atoms with Crippen LogP contribution in [0.3, 0.4) is 0 Å². The van der Waals surface area contributed by atoms with Crippen LogP contribution in [0.4, 0.5) is 0 Å². The number of carbonyl (C=O) groups excluding carboxylic acids is 1. The Hall–Kier alpha value is -2.34. The number of carbonyl (C=O) groups is 1. The summed E-state index contributed by atoms with van der Waals surface area (Å²) in [7, 11) is 1.66. The van der Waals surface area contributed by atoms with Crippen molar-refractivity contribution in [1.82, 2.24) is 20.4 Å². The number of aromatic nitrogens is 2. The van der Waals surface area contributed by atoms with Crippen molar-refractivity contribution < 1.29 is 9.53 Å². The molecule has 26 heavy (non-hydrogen) atoms. The summed E-state index contributed by atoms with van der Waals surface area (Å²) < 4.78 is 7.25. The Morgan fingerprint density at radius 3 is 2.73 bits per heavy atom. The van der Waals surface area contributed by atoms with Crippen LogP contribution in [0.1, 0.15) is 23.9 Å². The van der Waals surface area contributed by atoms with E-state index in [1.807, 2.05) is 43.7 Å². The van der Waals surface area contributed by atoms with E-state index in [2.05, 4.69) is 27.9 Å². The van der Waals surface area contributed by atoms with Gasteiger partial charge in [0.05, 0.1) is 24.8 Å². The van der Waals surface area contributed by atoms with Crippen molar-refractivity contribution in [3.8, 4) is 5.75 Å². The lowest BCUT2D eigenvalue weighted by Crippen LogP contribution is -2.63. The third-order valence-electron chi connectivity index (χ3n) is 5.01. The van der Waals surface area contributed by atoms with E-state index in [-0.39, 0.29) is 11.9 Å². The fourth-order valence-electron chi connectivity index (χ4n) is 3.51. The Morgan fingerprint density at radius 1 is 1.38 bits per heavy atom. The number of hydrogen-bond acceptors (Lipinski definition) is 4. The molecule has 0 spiro atoms. The zero-order valence-electron chi connectivity index (χ0n) is 16.0. The monoisotopic (exact) mass is 356 g/mol. The molecule has 1 aromatic heterocycles. The first-order valence-electron chi connectivity index (χ1n) is 9.07. The smallest absolute Gasteiger partial charge is 0.229 e. The Balaban J connectivity index is 1.65. The third kappa shape index (κ3) is 3.90. The minimum Gasteiger partial charge on any atom is -0.497 e. The highest BCUT2D eigenvalue weighted by Gasteiger charge is 2.44. The highest BCUT2D eigenvalue weighted by molar-refractivity contribution is 5.84. The summed E-state index contributed by atoms with van der Waals surface area (Å²) in [6.07, 6.45) is 0.704. The lowest BCUT2D eigenvalue weighted by Gasteiger charge is -2.42. The molecule has 6 nitrogen and oxygen atoms in total. The number of hydrogen-bond donors (Lipinski definition) is 2. The first kappa shape index (κ1) is 18.5. The molecule has 0 bridgehead atoms. The predicted molar refractivity (Wildman–Crippen MR) is 101 cm³/mol. The number of nitrogens with zero attached hydrogens (tertiary/aromatic N) is 2. The normalized spacial score (nSPS) is 16.6. The minimum absolute atomic E-state index is 0.0169. The Labute approximate surface area is 154 Å². The Bertz CT molecular complexity index is 780. The average Bonchev–Trinajstić information content (AvgIpc) is 2.88. The van der Waals surface area contributed by atoms with Crippen molar-refractivity contribution in [3.63, 3.8) is 0 Å². The SMILES string of the molecule is COc1cccc(CC2(C(=O)NC(C)Cn3nc(C)cc3C)CNC2)c1. The van der Waals surface area contributed by atoms with E-state index in [4.69, 9.17) is 4.74 Å². The molecule has 1 aliphatic heterocycles. The van der Waals surface area contributed by atoms with E-state index in [1.54, 1.807) is 7.11 Å². The quantitative estimate of drug-likeness (QED) is 0.794. The molecule has 1 aliphatic rings. The van der Waals surface area contributed by atoms with Crippen LogP contribution in [0, 0.1) is 19.3 Å². The van der Waals surface area contributed by atoms with Crippen LogP contribution in [0.2, 0.25) is 0 Å². The maximum Gasteiger partial charge on any atom is 0.229 e. The van der Waals surface area contributed by atoms with Crippen molar-refractivity contribution in [3.05, 3.63) is 47.3 Å². The molecule has 2 aromatic rings. The van der Waals surface area contributed by atoms with Crippen LogP contribution in [-0.4, -0.2) is 41.9 Å². The number of ether oxygens (including phenoxy) is 1. The minimum atomic E-state index is -0.393. The fraction of sp³-hybridized carbons (Fsp3) is 0.500. The van der Waals surface area contributed by atoms with E-state index in [0.717, 1.165) is 22.7 Å². The van der Waals surface area contributed by atoms with Gasteiger partial charge < -0.3 is 15.4 Å². The summed E-state index contributed by atoms with van der Waals surface area (Å²) in [5, 5.41) is 10.9. The molecule has 2 N–H and O–H groups in total. The van der Waals surface area contributed by atoms with Crippen LogP contribution in [0.25, 0.3) is 0 Å². The van der Waals surface area contributed by atoms with Gasteiger partial charge in [0.1, 0.15) is 5.75 Å². The third-order valence-corrected chi connectivity index (χ3v) is 5.01. The van der Waals surface area contributed by atoms with Crippen LogP contribution in [0.5, 0.6) is 5.75 Å². The largest absolute Gasteiger partial charge is 0.497 e. The first-order chi connectivity index (χ1) is 12.4. The molecular formula is C20H28N4O2. The van der Waals surface area contributed by atoms with Crippen LogP contribution >= 0.6 is 0 Å². The number of rotatable bonds is 7. The lowest BCUT2D eigenvalue weighted by molar-refractivity contribution is -0.134. The summed E-state index contributed by atoms with van der Waals surface area (Å²) in [4.78, 5) is 13.0. The standard InChI is InChI=1S/C20H28N4O2/c1-14-8-16(3)24(23-14)11-15(2)22-19(25)20(12-21-13-20)10-17-6-5-7-18(9-17)26-4/h5-9,15,21H,10-13H2,1-4H3,(H,22,25). The summed E-state index contributed by atoms with van der Waals surface area (Å²) in [6.45, 7) is 8.11. The second-order valence-electron chi connectivity index (χ2n) is 7.40. The number of methoxy groups -OCH3 is 1. The van der Waals surface area contributed by atoms with Gasteiger partial charge in [0, 0.05) is 24.8 Å². The van der Waals surface area contributed by atoms with Crippen molar-refractivity contribution in [2.45, 2.75) is 39.8 Å². The highest BCUT2D eigenvalue weighted by Crippen LogP contribution is 2.29. The molecule has 0 radical (unpaired) electrons. The van der Waals surface area contributed by atoms with E-state index in [1.165, 1.54) is 0 Å². The van der Waals surface area contributed by atoms with Crippen molar-refractivity contribution >= 4 is 5.91 Å². The summed E-state index contributed by atoms with van der Waals surface area (Å²) in [6, 6.07) is 10.0. The number of benzene rings is 1. The van der Waals surface area contributed by atoms with Gasteiger partial charge in [0.15, 0.2) is 0 Å². The molecule has 1 amide bonds. The van der Waals surface area contributed by atoms with Crippen molar-refractivity contribution in [2.24, 2.45) is 5.41 Å². The van der Waals surface area contributed by atoms with Gasteiger partial charge in [0.2, 0.25) is 5.91 Å². The van der Waals surface area contributed by atoms with Gasteiger partial charge in [-0.25, -0.2) is 0 Å². The van der Waals surface area contributed by atoms with Gasteiger partial charge in [-0.3, -0.25) is 9.48 Å². The second-order valence-corrected chi connectivity index (χ2v) is 7.40. The maximum absolute atomic E-state index is 13.0. The van der Waals surface area contributed by atoms with Gasteiger partial charge in [-0.05, 0) is 51.0 Å². The molecule has 3 rings (SSSR count). The number of aryl methyl sites for hydroxylation is 2. The molecule has 6 heteroatoms. The van der Waals surface area contributed by atoms with Crippen LogP contribution in [-0.2, 0) is 17.8 Å². The molecule has 1 aromatic carbocycles. The molecule has 2 heterocycles. The lowest BCUT2D eigenvalue weighted by atomic mass is 9.75. The van der Waals surface area contributed by atoms with Gasteiger partial charge in [-0.15, -0.1) is 0 Å². The molecule has 1 unspecified atom stereocenters. The second kappa shape index (κ2) is 7.50. The Morgan fingerprint density at radius 2 is 2.15 bits per heavy atom. The zero-order valence-corrected chi connectivity index (χ0v) is 16.0. The van der Waals surface area contributed by atoms with E-state index >= 15 is 0 Å². The predicted octanol–water partition coefficient (Wildman–Crippen LogP) is 1.85. The Kier molecular flexibility index (Phi) is 5.32. The van der Waals surface area contributed by atoms with Gasteiger partial charge >= 0.3 is 0 Å². The molecule has 0 saturated carbocycles. The molecule has 140 valence electrons. The summed E-state index contributed by atoms with van der Waals surface area (Å²) in [5.41, 5.74) is 2.83. The van der Waals surface area contributed by atoms with Crippen molar-refractivity contribution in [1.29, 1.82) is 0 Å². The fourth-order valence-corrected chi connectivity index (χ4v) is 3.51. The molecule has 0 aliphatic carbocycles. The van der Waals surface area contributed by atoms with E-state index < -0.39 is 5.41 Å². The van der Waals surface area contributed by atoms with Crippen LogP contribution < -0.4 is 15.4 Å². The number of nitrogens with one attached hydrogen (secondary N) is 2.